The summed E-state index contributed by atoms with van der Waals surface area (Å²) < 4.78 is 0. The number of nitrogens with two attached hydrogens (primary N) is 1. The predicted octanol–water partition coefficient (Wildman–Crippen LogP) is 1.30. The van der Waals surface area contributed by atoms with Crippen molar-refractivity contribution >= 4 is 11.7 Å². The van der Waals surface area contributed by atoms with Gasteiger partial charge in [-0.2, -0.15) is 0 Å². The van der Waals surface area contributed by atoms with Crippen molar-refractivity contribution in [1.82, 2.24) is 5.43 Å². The van der Waals surface area contributed by atoms with Gasteiger partial charge in [-0.25, -0.2) is 10.6 Å². The average Bonchev–Trinajstić information content (AvgIpc) is 2.13. The molecular weight excluding hydrogens is 166 g/mol. The van der Waals surface area contributed by atoms with Gasteiger partial charge in [0, 0.05) is 5.69 Å². The van der Waals surface area contributed by atoms with Crippen LogP contribution in [0.5, 0.6) is 0 Å². The number of benzene rings is 1. The van der Waals surface area contributed by atoms with Crippen LogP contribution in [0.3, 0.4) is 0 Å². The van der Waals surface area contributed by atoms with E-state index in [2.05, 4.69) is 5.32 Å². The van der Waals surface area contributed by atoms with Gasteiger partial charge in [0.15, 0.2) is 0 Å². The van der Waals surface area contributed by atoms with Gasteiger partial charge in [0.25, 0.3) is 0 Å². The summed E-state index contributed by atoms with van der Waals surface area (Å²) in [7, 11) is 0. The molecule has 0 aromatic heterocycles. The van der Waals surface area contributed by atoms with Crippen molar-refractivity contribution in [3.05, 3.63) is 29.3 Å². The van der Waals surface area contributed by atoms with Gasteiger partial charge in [-0.05, 0) is 31.0 Å². The minimum Gasteiger partial charge on any atom is -0.307 e. The summed E-state index contributed by atoms with van der Waals surface area (Å²) in [6.45, 7) is 3.93. The van der Waals surface area contributed by atoms with Crippen molar-refractivity contribution in [3.8, 4) is 0 Å². The van der Waals surface area contributed by atoms with Gasteiger partial charge in [0.1, 0.15) is 0 Å². The highest BCUT2D eigenvalue weighted by atomic mass is 16.2. The molecule has 70 valence electrons. The molecule has 0 spiro atoms. The number of nitrogens with one attached hydrogen (secondary N) is 2. The van der Waals surface area contributed by atoms with Crippen LogP contribution in [0.1, 0.15) is 11.1 Å². The molecule has 0 bridgehead atoms. The second kappa shape index (κ2) is 3.91. The number of anilines is 1. The van der Waals surface area contributed by atoms with Crippen molar-refractivity contribution in [2.24, 2.45) is 5.84 Å². The Kier molecular flexibility index (Phi) is 2.87. The zero-order valence-corrected chi connectivity index (χ0v) is 7.72. The first-order chi connectivity index (χ1) is 6.15. The second-order valence-electron chi connectivity index (χ2n) is 2.85. The molecule has 0 saturated carbocycles. The fourth-order valence-corrected chi connectivity index (χ4v) is 1.04. The lowest BCUT2D eigenvalue weighted by molar-refractivity contribution is 0.252. The molecule has 0 saturated heterocycles. The Labute approximate surface area is 77.1 Å². The molecule has 0 heterocycles. The Hall–Kier alpha value is -1.55. The van der Waals surface area contributed by atoms with Gasteiger partial charge >= 0.3 is 6.03 Å². The molecular formula is C9H13N3O. The number of carbonyl (C=O) groups excluding carboxylic acids is 1. The molecule has 1 rings (SSSR count). The van der Waals surface area contributed by atoms with E-state index >= 15 is 0 Å². The molecule has 13 heavy (non-hydrogen) atoms. The summed E-state index contributed by atoms with van der Waals surface area (Å²) in [5.74, 6) is 4.95. The lowest BCUT2D eigenvalue weighted by atomic mass is 10.1. The zero-order chi connectivity index (χ0) is 9.84. The number of hydrogen-bond donors (Lipinski definition) is 3. The number of carbonyl (C=O) groups is 1. The van der Waals surface area contributed by atoms with Crippen molar-refractivity contribution < 1.29 is 4.79 Å². The predicted molar refractivity (Wildman–Crippen MR) is 52.3 cm³/mol. The summed E-state index contributed by atoms with van der Waals surface area (Å²) in [5, 5.41) is 2.63. The standard InChI is InChI=1S/C9H13N3O/c1-6-4-3-5-8(7(6)2)11-9(13)12-10/h3-5H,10H2,1-2H3,(H2,11,12,13). The summed E-state index contributed by atoms with van der Waals surface area (Å²) in [4.78, 5) is 10.9. The summed E-state index contributed by atoms with van der Waals surface area (Å²) in [5.41, 5.74) is 4.97. The van der Waals surface area contributed by atoms with E-state index in [-0.39, 0.29) is 0 Å². The number of aryl methyl sites for hydroxylation is 1. The van der Waals surface area contributed by atoms with Crippen LogP contribution in [0.25, 0.3) is 0 Å². The Bertz CT molecular complexity index is 323. The average molecular weight is 179 g/mol. The molecule has 0 atom stereocenters. The van der Waals surface area contributed by atoms with Crippen LogP contribution in [-0.4, -0.2) is 6.03 Å². The van der Waals surface area contributed by atoms with Crippen molar-refractivity contribution in [3.63, 3.8) is 0 Å². The summed E-state index contributed by atoms with van der Waals surface area (Å²) in [6, 6.07) is 5.29. The van der Waals surface area contributed by atoms with Gasteiger partial charge < -0.3 is 5.32 Å². The Morgan fingerprint density at radius 2 is 2.08 bits per heavy atom. The van der Waals surface area contributed by atoms with E-state index in [1.807, 2.05) is 37.5 Å². The van der Waals surface area contributed by atoms with Crippen LogP contribution in [0, 0.1) is 13.8 Å². The third kappa shape index (κ3) is 2.19. The number of amides is 2. The summed E-state index contributed by atoms with van der Waals surface area (Å²) >= 11 is 0. The van der Waals surface area contributed by atoms with Crippen LogP contribution in [0.2, 0.25) is 0 Å². The normalized spacial score (nSPS) is 9.46. The Morgan fingerprint density at radius 3 is 2.69 bits per heavy atom. The Balaban J connectivity index is 2.89. The molecule has 0 unspecified atom stereocenters. The third-order valence-electron chi connectivity index (χ3n) is 1.98. The maximum absolute atomic E-state index is 10.9. The van der Waals surface area contributed by atoms with Crippen LogP contribution < -0.4 is 16.6 Å². The van der Waals surface area contributed by atoms with Gasteiger partial charge in [0.05, 0.1) is 0 Å². The number of hydrogen-bond acceptors (Lipinski definition) is 2. The van der Waals surface area contributed by atoms with Crippen molar-refractivity contribution in [2.75, 3.05) is 5.32 Å². The molecule has 4 nitrogen and oxygen atoms in total. The molecule has 0 fully saturated rings. The van der Waals surface area contributed by atoms with Gasteiger partial charge in [0.2, 0.25) is 0 Å². The molecule has 0 aliphatic rings. The monoisotopic (exact) mass is 179 g/mol. The minimum absolute atomic E-state index is 0.409. The van der Waals surface area contributed by atoms with Gasteiger partial charge in [-0.1, -0.05) is 12.1 Å². The van der Waals surface area contributed by atoms with E-state index < -0.39 is 6.03 Å². The first-order valence-corrected chi connectivity index (χ1v) is 3.99. The molecule has 0 aliphatic carbocycles. The fraction of sp³-hybridized carbons (Fsp3) is 0.222. The lowest BCUT2D eigenvalue weighted by Gasteiger charge is -2.09. The molecule has 0 radical (unpaired) electrons. The molecule has 2 amide bonds. The molecule has 4 heteroatoms. The van der Waals surface area contributed by atoms with E-state index in [0.717, 1.165) is 16.8 Å². The number of hydrazine groups is 1. The van der Waals surface area contributed by atoms with E-state index in [4.69, 9.17) is 5.84 Å². The number of rotatable bonds is 1. The SMILES string of the molecule is Cc1cccc(NC(=O)NN)c1C. The fourth-order valence-electron chi connectivity index (χ4n) is 1.04. The molecule has 4 N–H and O–H groups in total. The van der Waals surface area contributed by atoms with Crippen LogP contribution >= 0.6 is 0 Å². The second-order valence-corrected chi connectivity index (χ2v) is 2.85. The molecule has 1 aromatic rings. The highest BCUT2D eigenvalue weighted by Gasteiger charge is 2.02. The van der Waals surface area contributed by atoms with E-state index in [1.165, 1.54) is 0 Å². The van der Waals surface area contributed by atoms with E-state index in [9.17, 15) is 4.79 Å². The third-order valence-corrected chi connectivity index (χ3v) is 1.98. The first kappa shape index (κ1) is 9.54. The number of urea groups is 1. The lowest BCUT2D eigenvalue weighted by Crippen LogP contribution is -2.34. The quantitative estimate of drug-likeness (QED) is 0.345. The highest BCUT2D eigenvalue weighted by Crippen LogP contribution is 2.17. The first-order valence-electron chi connectivity index (χ1n) is 3.99. The van der Waals surface area contributed by atoms with Crippen LogP contribution in [0.15, 0.2) is 18.2 Å². The minimum atomic E-state index is -0.409. The topological polar surface area (TPSA) is 67.2 Å². The smallest absolute Gasteiger partial charge is 0.307 e. The maximum Gasteiger partial charge on any atom is 0.333 e. The van der Waals surface area contributed by atoms with Crippen molar-refractivity contribution in [1.29, 1.82) is 0 Å². The highest BCUT2D eigenvalue weighted by molar-refractivity contribution is 5.89. The van der Waals surface area contributed by atoms with Gasteiger partial charge in [-0.3, -0.25) is 5.43 Å². The molecule has 1 aromatic carbocycles. The van der Waals surface area contributed by atoms with Crippen LogP contribution in [0.4, 0.5) is 10.5 Å². The van der Waals surface area contributed by atoms with E-state index in [0.29, 0.717) is 0 Å². The summed E-state index contributed by atoms with van der Waals surface area (Å²) in [6.07, 6.45) is 0. The maximum atomic E-state index is 10.9. The van der Waals surface area contributed by atoms with Gasteiger partial charge in [-0.15, -0.1) is 0 Å². The Morgan fingerprint density at radius 1 is 1.38 bits per heavy atom. The largest absolute Gasteiger partial charge is 0.333 e. The van der Waals surface area contributed by atoms with Crippen molar-refractivity contribution in [2.45, 2.75) is 13.8 Å². The molecule has 0 aliphatic heterocycles. The zero-order valence-electron chi connectivity index (χ0n) is 7.72. The van der Waals surface area contributed by atoms with E-state index in [1.54, 1.807) is 0 Å². The van der Waals surface area contributed by atoms with Crippen LogP contribution in [-0.2, 0) is 0 Å².